The third kappa shape index (κ3) is 7.95. The number of rotatable bonds is 16. The molecule has 0 unspecified atom stereocenters. The second-order valence-electron chi connectivity index (χ2n) is 8.96. The number of benzene rings is 1. The summed E-state index contributed by atoms with van der Waals surface area (Å²) in [5.41, 5.74) is 1.33. The van der Waals surface area contributed by atoms with Gasteiger partial charge in [-0.2, -0.15) is 0 Å². The molecule has 0 saturated heterocycles. The molecule has 0 amide bonds. The van der Waals surface area contributed by atoms with Gasteiger partial charge in [-0.15, -0.1) is 0 Å². The first-order valence-electron chi connectivity index (χ1n) is 12.2. The molecule has 0 aliphatic heterocycles. The van der Waals surface area contributed by atoms with E-state index in [4.69, 9.17) is 4.74 Å². The minimum atomic E-state index is -1.36. The van der Waals surface area contributed by atoms with Crippen molar-refractivity contribution in [1.82, 2.24) is 5.32 Å². The quantitative estimate of drug-likeness (QED) is 0.211. The third-order valence-corrected chi connectivity index (χ3v) is 6.45. The van der Waals surface area contributed by atoms with E-state index in [2.05, 4.69) is 36.5 Å². The standard InChI is InChI=1S/C26H41NO4/c1-3-5-6-7-8-9-10-11-12-21-13-15-22(16-14-21)17-18-27-23-19-26(20-23,24(28)29)25(30)31-4-2/h13-16,23,27H,3-12,17-20H2,1-2H3,(H,28,29). The number of hydrogen-bond donors (Lipinski definition) is 2. The normalized spacial score (nSPS) is 20.3. The van der Waals surface area contributed by atoms with Crippen molar-refractivity contribution in [1.29, 1.82) is 0 Å². The van der Waals surface area contributed by atoms with Crippen LogP contribution in [0.25, 0.3) is 0 Å². The molecule has 1 saturated carbocycles. The zero-order valence-electron chi connectivity index (χ0n) is 19.5. The molecule has 174 valence electrons. The zero-order valence-corrected chi connectivity index (χ0v) is 19.5. The fourth-order valence-corrected chi connectivity index (χ4v) is 4.38. The number of carbonyl (C=O) groups is 2. The van der Waals surface area contributed by atoms with E-state index in [1.807, 2.05) is 0 Å². The van der Waals surface area contributed by atoms with Crippen LogP contribution in [0.15, 0.2) is 24.3 Å². The smallest absolute Gasteiger partial charge is 0.323 e. The first-order chi connectivity index (χ1) is 15.0. The van der Waals surface area contributed by atoms with Gasteiger partial charge < -0.3 is 15.2 Å². The van der Waals surface area contributed by atoms with Gasteiger partial charge in [0.05, 0.1) is 6.61 Å². The lowest BCUT2D eigenvalue weighted by Gasteiger charge is -2.42. The number of aliphatic carboxylic acids is 1. The summed E-state index contributed by atoms with van der Waals surface area (Å²) >= 11 is 0. The second-order valence-corrected chi connectivity index (χ2v) is 8.96. The molecule has 2 rings (SSSR count). The summed E-state index contributed by atoms with van der Waals surface area (Å²) in [6.45, 7) is 4.94. The van der Waals surface area contributed by atoms with Crippen LogP contribution in [0.1, 0.15) is 89.2 Å². The van der Waals surface area contributed by atoms with Gasteiger partial charge in [0.15, 0.2) is 5.41 Å². The number of carboxylic acid groups (broad SMARTS) is 1. The number of unbranched alkanes of at least 4 members (excludes halogenated alkanes) is 7. The van der Waals surface area contributed by atoms with Crippen LogP contribution in [0, 0.1) is 5.41 Å². The van der Waals surface area contributed by atoms with E-state index in [0.717, 1.165) is 19.4 Å². The molecule has 0 bridgehead atoms. The van der Waals surface area contributed by atoms with Gasteiger partial charge in [0.2, 0.25) is 0 Å². The second kappa shape index (κ2) is 13.5. The van der Waals surface area contributed by atoms with Crippen molar-refractivity contribution in [2.45, 2.75) is 96.9 Å². The van der Waals surface area contributed by atoms with Crippen molar-refractivity contribution in [2.75, 3.05) is 13.2 Å². The Morgan fingerprint density at radius 1 is 0.935 bits per heavy atom. The van der Waals surface area contributed by atoms with E-state index in [1.54, 1.807) is 6.92 Å². The highest BCUT2D eigenvalue weighted by Gasteiger charge is 2.57. The first-order valence-corrected chi connectivity index (χ1v) is 12.2. The highest BCUT2D eigenvalue weighted by molar-refractivity contribution is 6.00. The van der Waals surface area contributed by atoms with E-state index in [1.165, 1.54) is 62.5 Å². The Kier molecular flexibility index (Phi) is 11.1. The predicted molar refractivity (Wildman–Crippen MR) is 124 cm³/mol. The van der Waals surface area contributed by atoms with Gasteiger partial charge in [-0.05, 0) is 56.7 Å². The van der Waals surface area contributed by atoms with Crippen LogP contribution >= 0.6 is 0 Å². The molecule has 0 atom stereocenters. The fourth-order valence-electron chi connectivity index (χ4n) is 4.38. The molecule has 1 aliphatic rings. The van der Waals surface area contributed by atoms with E-state index in [0.29, 0.717) is 12.8 Å². The average molecular weight is 432 g/mol. The first kappa shape index (κ1) is 25.4. The van der Waals surface area contributed by atoms with E-state index in [9.17, 15) is 14.7 Å². The van der Waals surface area contributed by atoms with Crippen molar-refractivity contribution in [3.63, 3.8) is 0 Å². The molecule has 31 heavy (non-hydrogen) atoms. The number of ether oxygens (including phenoxy) is 1. The van der Waals surface area contributed by atoms with Crippen LogP contribution in [0.3, 0.4) is 0 Å². The molecule has 0 aromatic heterocycles. The lowest BCUT2D eigenvalue weighted by molar-refractivity contribution is -0.177. The Labute approximate surface area is 188 Å². The maximum absolute atomic E-state index is 12.0. The monoisotopic (exact) mass is 431 g/mol. The maximum Gasteiger partial charge on any atom is 0.323 e. The number of carbonyl (C=O) groups excluding carboxylic acids is 1. The van der Waals surface area contributed by atoms with Gasteiger partial charge in [0, 0.05) is 6.04 Å². The molecule has 0 radical (unpaired) electrons. The van der Waals surface area contributed by atoms with Crippen molar-refractivity contribution in [3.05, 3.63) is 35.4 Å². The highest BCUT2D eigenvalue weighted by Crippen LogP contribution is 2.42. The third-order valence-electron chi connectivity index (χ3n) is 6.45. The molecule has 2 N–H and O–H groups in total. The lowest BCUT2D eigenvalue weighted by atomic mass is 9.65. The van der Waals surface area contributed by atoms with E-state index >= 15 is 0 Å². The number of nitrogens with one attached hydrogen (secondary N) is 1. The summed E-state index contributed by atoms with van der Waals surface area (Å²) in [5, 5.41) is 12.8. The predicted octanol–water partition coefficient (Wildman–Crippen LogP) is 5.30. The number of carboxylic acids is 1. The van der Waals surface area contributed by atoms with Crippen molar-refractivity contribution in [2.24, 2.45) is 5.41 Å². The fraction of sp³-hybridized carbons (Fsp3) is 0.692. The van der Waals surface area contributed by atoms with Crippen LogP contribution in [0.2, 0.25) is 0 Å². The molecule has 1 aromatic carbocycles. The van der Waals surface area contributed by atoms with Gasteiger partial charge in [0.25, 0.3) is 0 Å². The van der Waals surface area contributed by atoms with Gasteiger partial charge in [-0.1, -0.05) is 76.1 Å². The summed E-state index contributed by atoms with van der Waals surface area (Å²) in [5.74, 6) is -1.68. The summed E-state index contributed by atoms with van der Waals surface area (Å²) in [4.78, 5) is 23.5. The maximum atomic E-state index is 12.0. The SMILES string of the molecule is CCCCCCCCCCc1ccc(CCNC2CC(C(=O)O)(C(=O)OCC)C2)cc1. The summed E-state index contributed by atoms with van der Waals surface area (Å²) in [6, 6.07) is 8.92. The molecule has 1 aromatic rings. The summed E-state index contributed by atoms with van der Waals surface area (Å²) < 4.78 is 4.96. The average Bonchev–Trinajstić information content (AvgIpc) is 2.72. The molecule has 5 nitrogen and oxygen atoms in total. The topological polar surface area (TPSA) is 75.6 Å². The van der Waals surface area contributed by atoms with Gasteiger partial charge in [0.1, 0.15) is 0 Å². The van der Waals surface area contributed by atoms with Gasteiger partial charge >= 0.3 is 11.9 Å². The molecule has 1 fully saturated rings. The minimum absolute atomic E-state index is 0.0572. The number of aryl methyl sites for hydroxylation is 1. The molecule has 0 heterocycles. The Balaban J connectivity index is 1.59. The van der Waals surface area contributed by atoms with Crippen LogP contribution in [-0.4, -0.2) is 36.2 Å². The molecular weight excluding hydrogens is 390 g/mol. The number of hydrogen-bond acceptors (Lipinski definition) is 4. The van der Waals surface area contributed by atoms with Crippen LogP contribution in [0.4, 0.5) is 0 Å². The van der Waals surface area contributed by atoms with Crippen molar-refractivity contribution >= 4 is 11.9 Å². The summed E-state index contributed by atoms with van der Waals surface area (Å²) in [7, 11) is 0. The van der Waals surface area contributed by atoms with E-state index in [-0.39, 0.29) is 12.6 Å². The minimum Gasteiger partial charge on any atom is -0.480 e. The lowest BCUT2D eigenvalue weighted by Crippen LogP contribution is -2.57. The molecule has 0 spiro atoms. The summed E-state index contributed by atoms with van der Waals surface area (Å²) in [6.07, 6.45) is 13.4. The number of esters is 1. The van der Waals surface area contributed by atoms with Crippen molar-refractivity contribution in [3.8, 4) is 0 Å². The highest BCUT2D eigenvalue weighted by atomic mass is 16.5. The molecular formula is C26H41NO4. The van der Waals surface area contributed by atoms with Gasteiger partial charge in [-0.3, -0.25) is 9.59 Å². The largest absolute Gasteiger partial charge is 0.480 e. The van der Waals surface area contributed by atoms with E-state index < -0.39 is 17.4 Å². The Morgan fingerprint density at radius 2 is 1.48 bits per heavy atom. The Bertz CT molecular complexity index is 664. The molecule has 5 heteroatoms. The Morgan fingerprint density at radius 3 is 2.03 bits per heavy atom. The van der Waals surface area contributed by atoms with Crippen LogP contribution in [0.5, 0.6) is 0 Å². The van der Waals surface area contributed by atoms with Crippen LogP contribution < -0.4 is 5.32 Å². The van der Waals surface area contributed by atoms with Crippen LogP contribution in [-0.2, 0) is 27.2 Å². The van der Waals surface area contributed by atoms with Crippen molar-refractivity contribution < 1.29 is 19.4 Å². The molecule has 1 aliphatic carbocycles. The zero-order chi connectivity index (χ0) is 22.5. The Hall–Kier alpha value is -1.88. The van der Waals surface area contributed by atoms with Gasteiger partial charge in [-0.25, -0.2) is 0 Å².